The van der Waals surface area contributed by atoms with Gasteiger partial charge >= 0.3 is 0 Å². The molecule has 0 aliphatic carbocycles. The largest absolute Gasteiger partial charge is 0.379 e. The number of aromatic nitrogens is 2. The molecule has 144 valence electrons. The Morgan fingerprint density at radius 2 is 2.15 bits per heavy atom. The monoisotopic (exact) mass is 388 g/mol. The van der Waals surface area contributed by atoms with Gasteiger partial charge in [-0.3, -0.25) is 14.7 Å². The quantitative estimate of drug-likeness (QED) is 0.795. The van der Waals surface area contributed by atoms with E-state index in [9.17, 15) is 4.79 Å². The van der Waals surface area contributed by atoms with Crippen molar-refractivity contribution in [1.29, 1.82) is 0 Å². The van der Waals surface area contributed by atoms with E-state index in [0.717, 1.165) is 44.1 Å². The molecule has 4 rings (SSSR count). The number of carbonyl (C=O) groups excluding carboxylic acids is 1. The molecule has 27 heavy (non-hydrogen) atoms. The molecule has 8 heteroatoms. The van der Waals surface area contributed by atoms with Crippen LogP contribution in [-0.4, -0.2) is 77.8 Å². The van der Waals surface area contributed by atoms with Crippen LogP contribution in [0.2, 0.25) is 0 Å². The van der Waals surface area contributed by atoms with Crippen molar-refractivity contribution in [3.05, 3.63) is 46.2 Å². The summed E-state index contributed by atoms with van der Waals surface area (Å²) < 4.78 is 11.6. The van der Waals surface area contributed by atoms with Crippen LogP contribution in [0.5, 0.6) is 0 Å². The van der Waals surface area contributed by atoms with Crippen LogP contribution in [0.4, 0.5) is 0 Å². The van der Waals surface area contributed by atoms with E-state index in [1.807, 2.05) is 30.2 Å². The Balaban J connectivity index is 1.62. The third kappa shape index (κ3) is 4.03. The molecule has 0 N–H and O–H groups in total. The van der Waals surface area contributed by atoms with Crippen molar-refractivity contribution in [3.63, 3.8) is 0 Å². The van der Waals surface area contributed by atoms with Gasteiger partial charge in [0.05, 0.1) is 43.2 Å². The van der Waals surface area contributed by atoms with E-state index in [0.29, 0.717) is 18.0 Å². The van der Waals surface area contributed by atoms with Gasteiger partial charge in [0.15, 0.2) is 0 Å². The topological polar surface area (TPSA) is 67.8 Å². The van der Waals surface area contributed by atoms with E-state index in [4.69, 9.17) is 9.47 Å². The fourth-order valence-corrected chi connectivity index (χ4v) is 4.49. The Bertz CT molecular complexity index is 763. The maximum absolute atomic E-state index is 13.3. The number of rotatable bonds is 4. The van der Waals surface area contributed by atoms with E-state index in [2.05, 4.69) is 14.9 Å². The molecule has 2 aliphatic heterocycles. The highest BCUT2D eigenvalue weighted by molar-refractivity contribution is 7.11. The lowest BCUT2D eigenvalue weighted by Gasteiger charge is -2.43. The van der Waals surface area contributed by atoms with Crippen LogP contribution < -0.4 is 0 Å². The summed E-state index contributed by atoms with van der Waals surface area (Å²) in [6.07, 6.45) is 3.49. The summed E-state index contributed by atoms with van der Waals surface area (Å²) in [7, 11) is 0. The fourth-order valence-electron chi connectivity index (χ4n) is 3.74. The van der Waals surface area contributed by atoms with Crippen LogP contribution >= 0.6 is 11.3 Å². The number of hydrogen-bond donors (Lipinski definition) is 0. The van der Waals surface area contributed by atoms with E-state index >= 15 is 0 Å². The highest BCUT2D eigenvalue weighted by atomic mass is 32.1. The van der Waals surface area contributed by atoms with Crippen LogP contribution in [0.1, 0.15) is 27.0 Å². The molecule has 2 atom stereocenters. The Hall–Kier alpha value is -1.87. The van der Waals surface area contributed by atoms with Gasteiger partial charge in [0, 0.05) is 38.6 Å². The van der Waals surface area contributed by atoms with Crippen LogP contribution in [0.3, 0.4) is 0 Å². The second kappa shape index (κ2) is 8.43. The minimum absolute atomic E-state index is 0.0270. The molecule has 2 fully saturated rings. The minimum atomic E-state index is -0.163. The molecule has 2 aliphatic rings. The van der Waals surface area contributed by atoms with Gasteiger partial charge in [0.1, 0.15) is 4.88 Å². The number of hydrogen-bond acceptors (Lipinski definition) is 7. The first-order valence-electron chi connectivity index (χ1n) is 9.26. The minimum Gasteiger partial charge on any atom is -0.379 e. The molecule has 0 saturated carbocycles. The van der Waals surface area contributed by atoms with Crippen molar-refractivity contribution in [2.75, 3.05) is 46.0 Å². The van der Waals surface area contributed by atoms with Crippen molar-refractivity contribution in [2.45, 2.75) is 19.1 Å². The van der Waals surface area contributed by atoms with Crippen molar-refractivity contribution < 1.29 is 14.3 Å². The molecule has 0 aromatic carbocycles. The summed E-state index contributed by atoms with van der Waals surface area (Å²) in [4.78, 5) is 26.8. The van der Waals surface area contributed by atoms with E-state index < -0.39 is 0 Å². The van der Waals surface area contributed by atoms with Gasteiger partial charge in [0.2, 0.25) is 0 Å². The van der Waals surface area contributed by atoms with E-state index in [-0.39, 0.29) is 18.1 Å². The summed E-state index contributed by atoms with van der Waals surface area (Å²) in [5.74, 6) is 0.0270. The maximum Gasteiger partial charge on any atom is 0.266 e. The first-order chi connectivity index (χ1) is 13.2. The number of pyridine rings is 1. The van der Waals surface area contributed by atoms with Crippen molar-refractivity contribution >= 4 is 17.2 Å². The summed E-state index contributed by atoms with van der Waals surface area (Å²) in [6.45, 7) is 7.02. The van der Waals surface area contributed by atoms with Crippen LogP contribution in [0, 0.1) is 6.92 Å². The van der Waals surface area contributed by atoms with Gasteiger partial charge in [-0.2, -0.15) is 0 Å². The molecule has 0 radical (unpaired) electrons. The lowest BCUT2D eigenvalue weighted by atomic mass is 9.98. The lowest BCUT2D eigenvalue weighted by Crippen LogP contribution is -2.53. The molecule has 0 spiro atoms. The van der Waals surface area contributed by atoms with Crippen molar-refractivity contribution in [2.24, 2.45) is 0 Å². The molecule has 2 saturated heterocycles. The average Bonchev–Trinajstić information content (AvgIpc) is 3.14. The third-order valence-electron chi connectivity index (χ3n) is 5.12. The van der Waals surface area contributed by atoms with Gasteiger partial charge in [-0.15, -0.1) is 11.3 Å². The lowest BCUT2D eigenvalue weighted by molar-refractivity contribution is -0.0818. The predicted octanol–water partition coefficient (Wildman–Crippen LogP) is 1.76. The van der Waals surface area contributed by atoms with Crippen LogP contribution in [-0.2, 0) is 9.47 Å². The SMILES string of the molecule is Cc1ncsc1C(=O)N1CCO[C@@H](CN2CCOCC2)[C@@H]1c1cccnc1. The molecule has 7 nitrogen and oxygen atoms in total. The Kier molecular flexibility index (Phi) is 5.77. The normalized spacial score (nSPS) is 24.1. The molecular formula is C19H24N4O3S. The highest BCUT2D eigenvalue weighted by Crippen LogP contribution is 2.32. The van der Waals surface area contributed by atoms with Crippen LogP contribution in [0.15, 0.2) is 30.0 Å². The summed E-state index contributed by atoms with van der Waals surface area (Å²) in [5.41, 5.74) is 3.52. The molecular weight excluding hydrogens is 364 g/mol. The highest BCUT2D eigenvalue weighted by Gasteiger charge is 2.38. The fraction of sp³-hybridized carbons (Fsp3) is 0.526. The number of nitrogens with zero attached hydrogens (tertiary/aromatic N) is 4. The molecule has 1 amide bonds. The Labute approximate surface area is 162 Å². The first-order valence-corrected chi connectivity index (χ1v) is 10.1. The Morgan fingerprint density at radius 1 is 1.30 bits per heavy atom. The molecule has 0 unspecified atom stereocenters. The summed E-state index contributed by atoms with van der Waals surface area (Å²) in [5, 5.41) is 0. The molecule has 2 aromatic rings. The Morgan fingerprint density at radius 3 is 2.85 bits per heavy atom. The van der Waals surface area contributed by atoms with Crippen LogP contribution in [0.25, 0.3) is 0 Å². The molecule has 2 aromatic heterocycles. The predicted molar refractivity (Wildman–Crippen MR) is 102 cm³/mol. The van der Waals surface area contributed by atoms with E-state index in [1.165, 1.54) is 11.3 Å². The van der Waals surface area contributed by atoms with Gasteiger partial charge in [-0.05, 0) is 18.6 Å². The second-order valence-corrected chi connectivity index (χ2v) is 7.67. The molecule has 4 heterocycles. The van der Waals surface area contributed by atoms with Gasteiger partial charge in [0.25, 0.3) is 5.91 Å². The van der Waals surface area contributed by atoms with Crippen molar-refractivity contribution in [1.82, 2.24) is 19.8 Å². The number of amides is 1. The zero-order chi connectivity index (χ0) is 18.6. The zero-order valence-corrected chi connectivity index (χ0v) is 16.2. The molecule has 0 bridgehead atoms. The zero-order valence-electron chi connectivity index (χ0n) is 15.4. The van der Waals surface area contributed by atoms with E-state index in [1.54, 1.807) is 11.7 Å². The van der Waals surface area contributed by atoms with Crippen molar-refractivity contribution in [3.8, 4) is 0 Å². The first kappa shape index (κ1) is 18.5. The summed E-state index contributed by atoms with van der Waals surface area (Å²) >= 11 is 1.40. The van der Waals surface area contributed by atoms with Gasteiger partial charge in [-0.25, -0.2) is 4.98 Å². The maximum atomic E-state index is 13.3. The summed E-state index contributed by atoms with van der Waals surface area (Å²) in [6, 6.07) is 3.78. The smallest absolute Gasteiger partial charge is 0.266 e. The number of morpholine rings is 2. The average molecular weight is 388 g/mol. The third-order valence-corrected chi connectivity index (χ3v) is 6.04. The number of ether oxygens (including phenoxy) is 2. The standard InChI is InChI=1S/C19H24N4O3S/c1-14-18(27-13-21-14)19(24)23-7-10-26-16(12-22-5-8-25-9-6-22)17(23)15-3-2-4-20-11-15/h2-4,11,13,16-17H,5-10,12H2,1H3/t16-,17-/m0/s1. The van der Waals surface area contributed by atoms with Gasteiger partial charge in [-0.1, -0.05) is 6.07 Å². The second-order valence-electron chi connectivity index (χ2n) is 6.82. The number of aryl methyl sites for hydroxylation is 1. The number of thiazole rings is 1. The van der Waals surface area contributed by atoms with Gasteiger partial charge < -0.3 is 14.4 Å². The number of carbonyl (C=O) groups is 1.